The van der Waals surface area contributed by atoms with Crippen LogP contribution in [0.5, 0.6) is 0 Å². The van der Waals surface area contributed by atoms with Crippen molar-refractivity contribution in [2.24, 2.45) is 12.0 Å². The SMILES string of the molecule is CCS(=O)(=O)CCNC(=NC)NCc1c(C)nn(C)c1C. The molecule has 0 fully saturated rings. The van der Waals surface area contributed by atoms with E-state index in [0.717, 1.165) is 17.0 Å². The van der Waals surface area contributed by atoms with Gasteiger partial charge in [-0.25, -0.2) is 8.42 Å². The molecule has 8 heteroatoms. The first-order chi connectivity index (χ1) is 9.80. The van der Waals surface area contributed by atoms with Gasteiger partial charge in [0.2, 0.25) is 0 Å². The van der Waals surface area contributed by atoms with Crippen molar-refractivity contribution in [3.05, 3.63) is 17.0 Å². The number of aryl methyl sites for hydroxylation is 2. The minimum absolute atomic E-state index is 0.106. The lowest BCUT2D eigenvalue weighted by molar-refractivity contribution is 0.595. The van der Waals surface area contributed by atoms with Crippen molar-refractivity contribution >= 4 is 15.8 Å². The van der Waals surface area contributed by atoms with Crippen LogP contribution in [0.4, 0.5) is 0 Å². The summed E-state index contributed by atoms with van der Waals surface area (Å²) in [6, 6.07) is 0. The van der Waals surface area contributed by atoms with E-state index < -0.39 is 9.84 Å². The Morgan fingerprint density at radius 3 is 2.48 bits per heavy atom. The normalized spacial score (nSPS) is 12.5. The molecular formula is C13H25N5O2S. The van der Waals surface area contributed by atoms with Crippen LogP contribution in [0.15, 0.2) is 4.99 Å². The topological polar surface area (TPSA) is 88.4 Å². The summed E-state index contributed by atoms with van der Waals surface area (Å²) in [5.41, 5.74) is 3.21. The Labute approximate surface area is 126 Å². The zero-order valence-electron chi connectivity index (χ0n) is 13.4. The summed E-state index contributed by atoms with van der Waals surface area (Å²) in [5, 5.41) is 10.5. The van der Waals surface area contributed by atoms with E-state index in [1.807, 2.05) is 25.6 Å². The molecule has 0 amide bonds. The van der Waals surface area contributed by atoms with E-state index in [9.17, 15) is 8.42 Å². The van der Waals surface area contributed by atoms with E-state index in [0.29, 0.717) is 19.0 Å². The van der Waals surface area contributed by atoms with Crippen LogP contribution in [0, 0.1) is 13.8 Å². The van der Waals surface area contributed by atoms with Crippen LogP contribution in [-0.2, 0) is 23.4 Å². The second kappa shape index (κ2) is 7.44. The third kappa shape index (κ3) is 5.04. The summed E-state index contributed by atoms with van der Waals surface area (Å²) >= 11 is 0. The first-order valence-corrected chi connectivity index (χ1v) is 8.77. The van der Waals surface area contributed by atoms with Gasteiger partial charge >= 0.3 is 0 Å². The molecule has 120 valence electrons. The minimum Gasteiger partial charge on any atom is -0.355 e. The molecular weight excluding hydrogens is 290 g/mol. The number of guanidine groups is 1. The van der Waals surface area contributed by atoms with Crippen LogP contribution < -0.4 is 10.6 Å². The third-order valence-electron chi connectivity index (χ3n) is 3.46. The third-order valence-corrected chi connectivity index (χ3v) is 5.17. The van der Waals surface area contributed by atoms with E-state index >= 15 is 0 Å². The van der Waals surface area contributed by atoms with Crippen molar-refractivity contribution in [3.8, 4) is 0 Å². The van der Waals surface area contributed by atoms with Gasteiger partial charge in [-0.05, 0) is 13.8 Å². The molecule has 21 heavy (non-hydrogen) atoms. The number of hydrogen-bond acceptors (Lipinski definition) is 4. The van der Waals surface area contributed by atoms with E-state index in [2.05, 4.69) is 20.7 Å². The lowest BCUT2D eigenvalue weighted by Crippen LogP contribution is -2.39. The first-order valence-electron chi connectivity index (χ1n) is 6.94. The second-order valence-corrected chi connectivity index (χ2v) is 7.33. The predicted molar refractivity (Wildman–Crippen MR) is 85.2 cm³/mol. The fraction of sp³-hybridized carbons (Fsp3) is 0.692. The molecule has 0 aliphatic carbocycles. The second-order valence-electron chi connectivity index (χ2n) is 4.86. The molecule has 1 heterocycles. The number of rotatable bonds is 6. The van der Waals surface area contributed by atoms with Gasteiger partial charge in [0.25, 0.3) is 0 Å². The molecule has 1 aromatic heterocycles. The Balaban J connectivity index is 2.52. The molecule has 0 spiro atoms. The maximum Gasteiger partial charge on any atom is 0.191 e. The molecule has 7 nitrogen and oxygen atoms in total. The number of aliphatic imine (C=N–C) groups is 1. The van der Waals surface area contributed by atoms with Crippen LogP contribution in [0.2, 0.25) is 0 Å². The number of hydrogen-bond donors (Lipinski definition) is 2. The molecule has 0 radical (unpaired) electrons. The van der Waals surface area contributed by atoms with Crippen molar-refractivity contribution in [1.82, 2.24) is 20.4 Å². The van der Waals surface area contributed by atoms with Crippen molar-refractivity contribution < 1.29 is 8.42 Å². The monoisotopic (exact) mass is 315 g/mol. The van der Waals surface area contributed by atoms with Gasteiger partial charge in [0, 0.05) is 44.2 Å². The summed E-state index contributed by atoms with van der Waals surface area (Å²) in [6.07, 6.45) is 0. The summed E-state index contributed by atoms with van der Waals surface area (Å²) in [5.74, 6) is 0.855. The molecule has 0 saturated carbocycles. The Kier molecular flexibility index (Phi) is 6.19. The highest BCUT2D eigenvalue weighted by Gasteiger charge is 2.10. The van der Waals surface area contributed by atoms with Gasteiger partial charge in [0.1, 0.15) is 0 Å². The smallest absolute Gasteiger partial charge is 0.191 e. The highest BCUT2D eigenvalue weighted by atomic mass is 32.2. The number of nitrogens with one attached hydrogen (secondary N) is 2. The zero-order valence-corrected chi connectivity index (χ0v) is 14.2. The van der Waals surface area contributed by atoms with Crippen LogP contribution in [-0.4, -0.2) is 49.3 Å². The maximum atomic E-state index is 11.4. The van der Waals surface area contributed by atoms with Crippen molar-refractivity contribution in [2.45, 2.75) is 27.3 Å². The van der Waals surface area contributed by atoms with Gasteiger partial charge in [0.05, 0.1) is 11.4 Å². The quantitative estimate of drug-likeness (QED) is 0.576. The molecule has 1 aromatic rings. The van der Waals surface area contributed by atoms with Crippen LogP contribution >= 0.6 is 0 Å². The highest BCUT2D eigenvalue weighted by Crippen LogP contribution is 2.10. The highest BCUT2D eigenvalue weighted by molar-refractivity contribution is 7.91. The molecule has 0 aliphatic rings. The number of sulfone groups is 1. The molecule has 0 aromatic carbocycles. The Morgan fingerprint density at radius 2 is 2.00 bits per heavy atom. The van der Waals surface area contributed by atoms with Gasteiger partial charge in [-0.1, -0.05) is 6.92 Å². The van der Waals surface area contributed by atoms with Gasteiger partial charge in [-0.3, -0.25) is 9.67 Å². The number of aromatic nitrogens is 2. The molecule has 0 bridgehead atoms. The fourth-order valence-corrected chi connectivity index (χ4v) is 2.64. The van der Waals surface area contributed by atoms with Crippen LogP contribution in [0.3, 0.4) is 0 Å². The Morgan fingerprint density at radius 1 is 1.33 bits per heavy atom. The van der Waals surface area contributed by atoms with Gasteiger partial charge in [-0.2, -0.15) is 5.10 Å². The summed E-state index contributed by atoms with van der Waals surface area (Å²) in [7, 11) is 0.611. The summed E-state index contributed by atoms with van der Waals surface area (Å²) in [6.45, 7) is 6.58. The number of nitrogens with zero attached hydrogens (tertiary/aromatic N) is 3. The van der Waals surface area contributed by atoms with Gasteiger partial charge in [0.15, 0.2) is 15.8 Å². The zero-order chi connectivity index (χ0) is 16.0. The minimum atomic E-state index is -2.96. The summed E-state index contributed by atoms with van der Waals surface area (Å²) < 4.78 is 24.7. The van der Waals surface area contributed by atoms with Crippen molar-refractivity contribution in [2.75, 3.05) is 25.1 Å². The van der Waals surface area contributed by atoms with Gasteiger partial charge in [-0.15, -0.1) is 0 Å². The Bertz CT molecular complexity index is 604. The van der Waals surface area contributed by atoms with Crippen LogP contribution in [0.25, 0.3) is 0 Å². The predicted octanol–water partition coefficient (Wildman–Crippen LogP) is 0.137. The lowest BCUT2D eigenvalue weighted by Gasteiger charge is -2.12. The van der Waals surface area contributed by atoms with Crippen LogP contribution in [0.1, 0.15) is 23.9 Å². The maximum absolute atomic E-state index is 11.4. The molecule has 0 atom stereocenters. The van der Waals surface area contributed by atoms with E-state index in [1.54, 1.807) is 14.0 Å². The Hall–Kier alpha value is -1.57. The molecule has 1 rings (SSSR count). The molecule has 0 unspecified atom stereocenters. The van der Waals surface area contributed by atoms with Crippen molar-refractivity contribution in [1.29, 1.82) is 0 Å². The largest absolute Gasteiger partial charge is 0.355 e. The van der Waals surface area contributed by atoms with E-state index in [-0.39, 0.29) is 11.5 Å². The standard InChI is InChI=1S/C13H25N5O2S/c1-6-21(19,20)8-7-15-13(14-4)16-9-12-10(2)17-18(5)11(12)3/h6-9H2,1-5H3,(H2,14,15,16). The van der Waals surface area contributed by atoms with E-state index in [1.165, 1.54) is 0 Å². The average Bonchev–Trinajstić information content (AvgIpc) is 2.68. The molecule has 0 aliphatic heterocycles. The fourth-order valence-electron chi connectivity index (χ4n) is 1.94. The van der Waals surface area contributed by atoms with Crippen molar-refractivity contribution in [3.63, 3.8) is 0 Å². The molecule has 0 saturated heterocycles. The first kappa shape index (κ1) is 17.5. The lowest BCUT2D eigenvalue weighted by atomic mass is 10.2. The molecule has 2 N–H and O–H groups in total. The average molecular weight is 315 g/mol. The van der Waals surface area contributed by atoms with E-state index in [4.69, 9.17) is 0 Å². The van der Waals surface area contributed by atoms with Gasteiger partial charge < -0.3 is 10.6 Å². The summed E-state index contributed by atoms with van der Waals surface area (Å²) in [4.78, 5) is 4.09.